The lowest BCUT2D eigenvalue weighted by molar-refractivity contribution is 0.0572. The van der Waals surface area contributed by atoms with Crippen molar-refractivity contribution in [1.82, 2.24) is 4.90 Å². The summed E-state index contributed by atoms with van der Waals surface area (Å²) in [6.07, 6.45) is -2.22. The normalized spacial score (nSPS) is 24.2. The zero-order valence-corrected chi connectivity index (χ0v) is 9.51. The molecule has 2 unspecified atom stereocenters. The van der Waals surface area contributed by atoms with Crippen molar-refractivity contribution in [2.45, 2.75) is 18.8 Å². The number of aliphatic hydroxyl groups is 2. The van der Waals surface area contributed by atoms with Crippen molar-refractivity contribution in [2.75, 3.05) is 13.1 Å². The van der Waals surface area contributed by atoms with Crippen LogP contribution >= 0.6 is 0 Å². The first-order valence-electron chi connectivity index (χ1n) is 5.41. The molecule has 0 spiro atoms. The van der Waals surface area contributed by atoms with E-state index in [1.807, 2.05) is 0 Å². The number of hydrogen-bond acceptors (Lipinski definition) is 3. The second kappa shape index (κ2) is 5.03. The van der Waals surface area contributed by atoms with Crippen LogP contribution in [0.2, 0.25) is 0 Å². The van der Waals surface area contributed by atoms with Gasteiger partial charge in [0.25, 0.3) is 0 Å². The maximum absolute atomic E-state index is 13.4. The number of benzene rings is 1. The Balaban J connectivity index is 2.31. The molecular weight excluding hydrogens is 273 g/mol. The van der Waals surface area contributed by atoms with Crippen molar-refractivity contribution in [2.24, 2.45) is 0 Å². The fraction of sp³-hybridized carbons (Fsp3) is 0.455. The van der Waals surface area contributed by atoms with Crippen LogP contribution in [-0.4, -0.2) is 40.4 Å². The molecule has 0 bridgehead atoms. The molecule has 3 nitrogen and oxygen atoms in total. The van der Waals surface area contributed by atoms with Gasteiger partial charge in [0.2, 0.25) is 5.82 Å². The average Bonchev–Trinajstić information content (AvgIpc) is 2.69. The van der Waals surface area contributed by atoms with E-state index in [1.165, 1.54) is 4.90 Å². The third-order valence-corrected chi connectivity index (χ3v) is 3.02. The summed E-state index contributed by atoms with van der Waals surface area (Å²) in [5.41, 5.74) is -0.974. The third kappa shape index (κ3) is 2.43. The number of β-amino-alcohol motifs (C(OH)–C–C–N with tert-alkyl or cyclic N) is 2. The second-order valence-corrected chi connectivity index (χ2v) is 4.38. The first kappa shape index (κ1) is 14.2. The zero-order valence-electron chi connectivity index (χ0n) is 9.51. The maximum atomic E-state index is 13.4. The molecule has 0 saturated carbocycles. The molecule has 2 N–H and O–H groups in total. The molecule has 0 aliphatic carbocycles. The van der Waals surface area contributed by atoms with Crippen molar-refractivity contribution in [3.8, 4) is 0 Å². The Bertz CT molecular complexity index is 471. The Morgan fingerprint density at radius 1 is 0.789 bits per heavy atom. The van der Waals surface area contributed by atoms with Gasteiger partial charge in [0.15, 0.2) is 23.3 Å². The van der Waals surface area contributed by atoms with E-state index in [2.05, 4.69) is 0 Å². The van der Waals surface area contributed by atoms with Gasteiger partial charge < -0.3 is 10.2 Å². The molecule has 1 aliphatic rings. The predicted octanol–water partition coefficient (Wildman–Crippen LogP) is 0.919. The minimum atomic E-state index is -2.21. The van der Waals surface area contributed by atoms with Crippen LogP contribution in [0.4, 0.5) is 22.0 Å². The van der Waals surface area contributed by atoms with Gasteiger partial charge in [0, 0.05) is 25.2 Å². The summed E-state index contributed by atoms with van der Waals surface area (Å²) < 4.78 is 65.5. The Labute approximate surface area is 104 Å². The van der Waals surface area contributed by atoms with E-state index < -0.39 is 53.4 Å². The van der Waals surface area contributed by atoms with Gasteiger partial charge in [0.1, 0.15) is 0 Å². The minimum absolute atomic E-state index is 0.110. The number of halogens is 5. The molecular formula is C11H10F5NO2. The van der Waals surface area contributed by atoms with E-state index in [9.17, 15) is 32.2 Å². The molecule has 1 fully saturated rings. The van der Waals surface area contributed by atoms with Crippen LogP contribution in [0, 0.1) is 29.1 Å². The fourth-order valence-corrected chi connectivity index (χ4v) is 1.99. The van der Waals surface area contributed by atoms with Crippen molar-refractivity contribution in [1.29, 1.82) is 0 Å². The summed E-state index contributed by atoms with van der Waals surface area (Å²) in [5, 5.41) is 18.5. The topological polar surface area (TPSA) is 43.7 Å². The van der Waals surface area contributed by atoms with Gasteiger partial charge in [0.05, 0.1) is 12.2 Å². The van der Waals surface area contributed by atoms with E-state index >= 15 is 0 Å². The highest BCUT2D eigenvalue weighted by atomic mass is 19.2. The standard InChI is InChI=1S/C11H10F5NO2/c12-7-4(1-17-2-5(18)6(19)3-17)8(13)10(15)11(16)9(7)14/h5-6,18-19H,1-3H2. The smallest absolute Gasteiger partial charge is 0.200 e. The molecule has 0 aromatic heterocycles. The first-order chi connectivity index (χ1) is 8.82. The molecule has 1 aliphatic heterocycles. The molecule has 1 aromatic carbocycles. The second-order valence-electron chi connectivity index (χ2n) is 4.38. The summed E-state index contributed by atoms with van der Waals surface area (Å²) in [5.74, 6) is -10.0. The Kier molecular flexibility index (Phi) is 3.75. The Morgan fingerprint density at radius 2 is 1.16 bits per heavy atom. The van der Waals surface area contributed by atoms with Crippen LogP contribution < -0.4 is 0 Å². The Hall–Kier alpha value is -1.25. The van der Waals surface area contributed by atoms with Gasteiger partial charge in [-0.3, -0.25) is 4.90 Å². The number of likely N-dealkylation sites (tertiary alicyclic amines) is 1. The highest BCUT2D eigenvalue weighted by Crippen LogP contribution is 2.25. The number of aliphatic hydroxyl groups excluding tert-OH is 2. The molecule has 2 rings (SSSR count). The van der Waals surface area contributed by atoms with Crippen molar-refractivity contribution in [3.63, 3.8) is 0 Å². The van der Waals surface area contributed by atoms with Crippen LogP contribution in [0.3, 0.4) is 0 Å². The van der Waals surface area contributed by atoms with E-state index in [4.69, 9.17) is 0 Å². The predicted molar refractivity (Wildman–Crippen MR) is 53.5 cm³/mol. The largest absolute Gasteiger partial charge is 0.389 e. The summed E-state index contributed by atoms with van der Waals surface area (Å²) in [6.45, 7) is -0.804. The lowest BCUT2D eigenvalue weighted by atomic mass is 10.1. The van der Waals surface area contributed by atoms with Crippen LogP contribution in [0.15, 0.2) is 0 Å². The molecule has 0 amide bonds. The fourth-order valence-electron chi connectivity index (χ4n) is 1.99. The van der Waals surface area contributed by atoms with Gasteiger partial charge in [-0.2, -0.15) is 0 Å². The zero-order chi connectivity index (χ0) is 14.3. The Morgan fingerprint density at radius 3 is 1.58 bits per heavy atom. The van der Waals surface area contributed by atoms with Crippen LogP contribution in [-0.2, 0) is 6.54 Å². The summed E-state index contributed by atoms with van der Waals surface area (Å²) in [7, 11) is 0. The molecule has 106 valence electrons. The SMILES string of the molecule is OC1CN(Cc2c(F)c(F)c(F)c(F)c2F)CC1O. The lowest BCUT2D eigenvalue weighted by Gasteiger charge is -2.16. The first-order valence-corrected chi connectivity index (χ1v) is 5.41. The highest BCUT2D eigenvalue weighted by molar-refractivity contribution is 5.24. The number of hydrogen-bond donors (Lipinski definition) is 2. The third-order valence-electron chi connectivity index (χ3n) is 3.02. The van der Waals surface area contributed by atoms with Gasteiger partial charge in [-0.25, -0.2) is 22.0 Å². The summed E-state index contributed by atoms with van der Waals surface area (Å²) in [6, 6.07) is 0. The number of rotatable bonds is 2. The van der Waals surface area contributed by atoms with Crippen molar-refractivity contribution < 1.29 is 32.2 Å². The quantitative estimate of drug-likeness (QED) is 0.482. The summed E-state index contributed by atoms with van der Waals surface area (Å²) >= 11 is 0. The number of nitrogens with zero attached hydrogens (tertiary/aromatic N) is 1. The minimum Gasteiger partial charge on any atom is -0.389 e. The van der Waals surface area contributed by atoms with Gasteiger partial charge in [-0.15, -0.1) is 0 Å². The van der Waals surface area contributed by atoms with E-state index in [0.29, 0.717) is 0 Å². The highest BCUT2D eigenvalue weighted by Gasteiger charge is 2.32. The van der Waals surface area contributed by atoms with Gasteiger partial charge >= 0.3 is 0 Å². The van der Waals surface area contributed by atoms with Crippen LogP contribution in [0.25, 0.3) is 0 Å². The summed E-state index contributed by atoms with van der Waals surface area (Å²) in [4.78, 5) is 1.20. The average molecular weight is 283 g/mol. The van der Waals surface area contributed by atoms with Crippen LogP contribution in [0.1, 0.15) is 5.56 Å². The van der Waals surface area contributed by atoms with Crippen molar-refractivity contribution in [3.05, 3.63) is 34.6 Å². The van der Waals surface area contributed by atoms with E-state index in [0.717, 1.165) is 0 Å². The van der Waals surface area contributed by atoms with E-state index in [-0.39, 0.29) is 13.1 Å². The molecule has 2 atom stereocenters. The lowest BCUT2D eigenvalue weighted by Crippen LogP contribution is -2.24. The molecule has 1 saturated heterocycles. The van der Waals surface area contributed by atoms with Crippen molar-refractivity contribution >= 4 is 0 Å². The van der Waals surface area contributed by atoms with Gasteiger partial charge in [-0.1, -0.05) is 0 Å². The van der Waals surface area contributed by atoms with E-state index in [1.54, 1.807) is 0 Å². The monoisotopic (exact) mass is 283 g/mol. The van der Waals surface area contributed by atoms with Gasteiger partial charge in [-0.05, 0) is 0 Å². The molecule has 19 heavy (non-hydrogen) atoms. The molecule has 1 heterocycles. The molecule has 8 heteroatoms. The van der Waals surface area contributed by atoms with Crippen LogP contribution in [0.5, 0.6) is 0 Å². The molecule has 0 radical (unpaired) electrons. The maximum Gasteiger partial charge on any atom is 0.200 e. The molecule has 1 aromatic rings.